The van der Waals surface area contributed by atoms with Crippen LogP contribution in [0.2, 0.25) is 5.02 Å². The summed E-state index contributed by atoms with van der Waals surface area (Å²) >= 11 is 6.25. The van der Waals surface area contributed by atoms with Gasteiger partial charge in [0, 0.05) is 18.6 Å². The van der Waals surface area contributed by atoms with Crippen molar-refractivity contribution >= 4 is 22.5 Å². The van der Waals surface area contributed by atoms with Crippen molar-refractivity contribution < 1.29 is 0 Å². The third kappa shape index (κ3) is 1.69. The molecule has 0 radical (unpaired) electrons. The van der Waals surface area contributed by atoms with Gasteiger partial charge in [0.1, 0.15) is 5.82 Å². The van der Waals surface area contributed by atoms with E-state index in [0.29, 0.717) is 6.54 Å². The Labute approximate surface area is 110 Å². The minimum atomic E-state index is 0.671. The van der Waals surface area contributed by atoms with Crippen molar-refractivity contribution in [1.82, 2.24) is 19.3 Å². The van der Waals surface area contributed by atoms with E-state index < -0.39 is 0 Å². The summed E-state index contributed by atoms with van der Waals surface area (Å²) in [6.45, 7) is 2.61. The smallest absolute Gasteiger partial charge is 0.152 e. The molecule has 0 saturated carbocycles. The number of aromatic nitrogens is 4. The largest absolute Gasteiger partial charge is 0.339 e. The molecule has 2 heterocycles. The van der Waals surface area contributed by atoms with E-state index in [2.05, 4.69) is 26.9 Å². The molecule has 4 nitrogen and oxygen atoms in total. The van der Waals surface area contributed by atoms with Crippen LogP contribution < -0.4 is 0 Å². The van der Waals surface area contributed by atoms with E-state index in [0.717, 1.165) is 27.6 Å². The Balaban J connectivity index is 2.08. The number of halogens is 1. The second-order valence-electron chi connectivity index (χ2n) is 4.34. The summed E-state index contributed by atoms with van der Waals surface area (Å²) in [6.07, 6.45) is 2.03. The Kier molecular flexibility index (Phi) is 2.59. The number of hydrogen-bond acceptors (Lipinski definition) is 2. The third-order valence-corrected chi connectivity index (χ3v) is 3.54. The Morgan fingerprint density at radius 2 is 2.06 bits per heavy atom. The van der Waals surface area contributed by atoms with E-state index in [1.807, 2.05) is 36.9 Å². The van der Waals surface area contributed by atoms with E-state index in [-0.39, 0.29) is 0 Å². The summed E-state index contributed by atoms with van der Waals surface area (Å²) in [4.78, 5) is 0. The molecule has 92 valence electrons. The molecule has 0 atom stereocenters. The molecule has 0 aliphatic rings. The van der Waals surface area contributed by atoms with Gasteiger partial charge in [-0.05, 0) is 19.1 Å². The predicted octanol–water partition coefficient (Wildman–Crippen LogP) is 2.78. The zero-order chi connectivity index (χ0) is 12.7. The molecule has 0 unspecified atom stereocenters. The summed E-state index contributed by atoms with van der Waals surface area (Å²) in [7, 11) is 1.97. The molecular formula is C13H13ClN4. The first-order chi connectivity index (χ1) is 8.66. The van der Waals surface area contributed by atoms with Crippen LogP contribution in [0.4, 0.5) is 0 Å². The lowest BCUT2D eigenvalue weighted by atomic mass is 10.2. The normalized spacial score (nSPS) is 11.3. The van der Waals surface area contributed by atoms with Gasteiger partial charge in [0.15, 0.2) is 5.82 Å². The Morgan fingerprint density at radius 1 is 1.22 bits per heavy atom. The van der Waals surface area contributed by atoms with Crippen LogP contribution in [-0.2, 0) is 13.6 Å². The number of benzene rings is 1. The molecular weight excluding hydrogens is 248 g/mol. The second-order valence-corrected chi connectivity index (χ2v) is 4.75. The minimum Gasteiger partial charge on any atom is -0.339 e. The molecule has 3 rings (SSSR count). The van der Waals surface area contributed by atoms with Crippen molar-refractivity contribution in [3.8, 4) is 0 Å². The highest BCUT2D eigenvalue weighted by atomic mass is 35.5. The number of aryl methyl sites for hydroxylation is 1. The predicted molar refractivity (Wildman–Crippen MR) is 71.8 cm³/mol. The topological polar surface area (TPSA) is 35.6 Å². The van der Waals surface area contributed by atoms with Gasteiger partial charge in [-0.15, -0.1) is 10.2 Å². The molecule has 3 aromatic rings. The quantitative estimate of drug-likeness (QED) is 0.710. The SMILES string of the molecule is Cc1nnc(Cn2ccc3cccc(Cl)c32)n1C. The number of hydrogen-bond donors (Lipinski definition) is 0. The first kappa shape index (κ1) is 11.3. The average molecular weight is 261 g/mol. The summed E-state index contributed by atoms with van der Waals surface area (Å²) in [5, 5.41) is 10.1. The fourth-order valence-corrected chi connectivity index (χ4v) is 2.38. The van der Waals surface area contributed by atoms with Crippen molar-refractivity contribution in [2.45, 2.75) is 13.5 Å². The highest BCUT2D eigenvalue weighted by Gasteiger charge is 2.09. The van der Waals surface area contributed by atoms with Crippen molar-refractivity contribution in [2.75, 3.05) is 0 Å². The van der Waals surface area contributed by atoms with E-state index in [1.54, 1.807) is 0 Å². The lowest BCUT2D eigenvalue weighted by Crippen LogP contribution is -2.06. The van der Waals surface area contributed by atoms with E-state index >= 15 is 0 Å². The molecule has 2 aromatic heterocycles. The fourth-order valence-electron chi connectivity index (χ4n) is 2.09. The monoisotopic (exact) mass is 260 g/mol. The van der Waals surface area contributed by atoms with Crippen molar-refractivity contribution in [1.29, 1.82) is 0 Å². The van der Waals surface area contributed by atoms with Gasteiger partial charge < -0.3 is 9.13 Å². The minimum absolute atomic E-state index is 0.671. The van der Waals surface area contributed by atoms with E-state index in [4.69, 9.17) is 11.6 Å². The maximum atomic E-state index is 6.25. The Hall–Kier alpha value is -1.81. The molecule has 1 aromatic carbocycles. The van der Waals surface area contributed by atoms with E-state index in [1.165, 1.54) is 0 Å². The van der Waals surface area contributed by atoms with Gasteiger partial charge >= 0.3 is 0 Å². The molecule has 0 amide bonds. The average Bonchev–Trinajstić information content (AvgIpc) is 2.90. The molecule has 0 saturated heterocycles. The summed E-state index contributed by atoms with van der Waals surface area (Å²) in [5.74, 6) is 1.83. The maximum Gasteiger partial charge on any atom is 0.152 e. The number of para-hydroxylation sites is 1. The van der Waals surface area contributed by atoms with Crippen LogP contribution in [0.3, 0.4) is 0 Å². The van der Waals surface area contributed by atoms with Crippen LogP contribution >= 0.6 is 11.6 Å². The fraction of sp³-hybridized carbons (Fsp3) is 0.231. The highest BCUT2D eigenvalue weighted by molar-refractivity contribution is 6.35. The maximum absolute atomic E-state index is 6.25. The molecule has 0 N–H and O–H groups in total. The van der Waals surface area contributed by atoms with Gasteiger partial charge in [-0.25, -0.2) is 0 Å². The van der Waals surface area contributed by atoms with Gasteiger partial charge in [0.05, 0.1) is 17.1 Å². The summed E-state index contributed by atoms with van der Waals surface area (Å²) < 4.78 is 4.09. The van der Waals surface area contributed by atoms with Crippen molar-refractivity contribution in [2.24, 2.45) is 7.05 Å². The molecule has 0 fully saturated rings. The van der Waals surface area contributed by atoms with Crippen LogP contribution in [0.1, 0.15) is 11.6 Å². The molecule has 0 bridgehead atoms. The zero-order valence-electron chi connectivity index (χ0n) is 10.3. The Bertz CT molecular complexity index is 711. The number of rotatable bonds is 2. The highest BCUT2D eigenvalue weighted by Crippen LogP contribution is 2.24. The van der Waals surface area contributed by atoms with E-state index in [9.17, 15) is 0 Å². The standard InChI is InChI=1S/C13H13ClN4/c1-9-15-16-12(17(9)2)8-18-7-6-10-4-3-5-11(14)13(10)18/h3-7H,8H2,1-2H3. The first-order valence-corrected chi connectivity index (χ1v) is 6.13. The van der Waals surface area contributed by atoms with Crippen LogP contribution in [0.25, 0.3) is 10.9 Å². The lowest BCUT2D eigenvalue weighted by molar-refractivity contribution is 0.708. The molecule has 5 heteroatoms. The Morgan fingerprint density at radius 3 is 2.78 bits per heavy atom. The van der Waals surface area contributed by atoms with Gasteiger partial charge in [0.25, 0.3) is 0 Å². The lowest BCUT2D eigenvalue weighted by Gasteiger charge is -2.06. The molecule has 0 spiro atoms. The summed E-state index contributed by atoms with van der Waals surface area (Å²) in [6, 6.07) is 7.98. The zero-order valence-corrected chi connectivity index (χ0v) is 11.0. The van der Waals surface area contributed by atoms with Crippen LogP contribution in [0.5, 0.6) is 0 Å². The molecule has 0 aliphatic carbocycles. The van der Waals surface area contributed by atoms with Crippen molar-refractivity contribution in [3.63, 3.8) is 0 Å². The molecule has 18 heavy (non-hydrogen) atoms. The molecule has 0 aliphatic heterocycles. The van der Waals surface area contributed by atoms with Gasteiger partial charge in [-0.1, -0.05) is 23.7 Å². The van der Waals surface area contributed by atoms with Crippen LogP contribution in [0, 0.1) is 6.92 Å². The third-order valence-electron chi connectivity index (χ3n) is 3.23. The summed E-state index contributed by atoms with van der Waals surface area (Å²) in [5.41, 5.74) is 1.04. The van der Waals surface area contributed by atoms with Gasteiger partial charge in [-0.3, -0.25) is 0 Å². The first-order valence-electron chi connectivity index (χ1n) is 5.75. The van der Waals surface area contributed by atoms with Crippen molar-refractivity contribution in [3.05, 3.63) is 47.1 Å². The van der Waals surface area contributed by atoms with Crippen LogP contribution in [-0.4, -0.2) is 19.3 Å². The number of fused-ring (bicyclic) bond motifs is 1. The van der Waals surface area contributed by atoms with Gasteiger partial charge in [0.2, 0.25) is 0 Å². The second kappa shape index (κ2) is 4.14. The van der Waals surface area contributed by atoms with Crippen LogP contribution in [0.15, 0.2) is 30.5 Å². The number of nitrogens with zero attached hydrogens (tertiary/aromatic N) is 4. The van der Waals surface area contributed by atoms with Gasteiger partial charge in [-0.2, -0.15) is 0 Å².